The smallest absolute Gasteiger partial charge is 0.244 e. The molecule has 0 fully saturated rings. The van der Waals surface area contributed by atoms with Gasteiger partial charge in [0.15, 0.2) is 4.80 Å². The molecule has 0 saturated carbocycles. The van der Waals surface area contributed by atoms with Gasteiger partial charge in [-0.05, 0) is 31.0 Å². The Hall–Kier alpha value is -1.56. The van der Waals surface area contributed by atoms with Crippen molar-refractivity contribution in [1.82, 2.24) is 8.87 Å². The molecule has 0 bridgehead atoms. The van der Waals surface area contributed by atoms with Crippen molar-refractivity contribution in [3.8, 4) is 22.8 Å². The quantitative estimate of drug-likeness (QED) is 0.248. The van der Waals surface area contributed by atoms with Crippen LogP contribution < -0.4 is 14.3 Å². The summed E-state index contributed by atoms with van der Waals surface area (Å²) in [5.41, 5.74) is 2.08. The second-order valence-corrected chi connectivity index (χ2v) is 11.3. The molecule has 1 heterocycles. The van der Waals surface area contributed by atoms with Crippen LogP contribution in [0.25, 0.3) is 11.3 Å². The van der Waals surface area contributed by atoms with Gasteiger partial charge < -0.3 is 14.0 Å². The second kappa shape index (κ2) is 13.3. The topological polar surface area (TPSA) is 73.1 Å². The average molecular weight is 639 g/mol. The lowest BCUT2D eigenvalue weighted by Gasteiger charge is -2.22. The van der Waals surface area contributed by atoms with Crippen LogP contribution in [0.2, 0.25) is 10.0 Å². The fourth-order valence-electron chi connectivity index (χ4n) is 3.62. The first-order valence-corrected chi connectivity index (χ1v) is 14.2. The summed E-state index contributed by atoms with van der Waals surface area (Å²) in [5, 5.41) is 2.54. The molecule has 0 amide bonds. The van der Waals surface area contributed by atoms with Crippen molar-refractivity contribution in [2.75, 3.05) is 27.3 Å². The summed E-state index contributed by atoms with van der Waals surface area (Å²) >= 11 is 14.1. The van der Waals surface area contributed by atoms with Gasteiger partial charge in [-0.3, -0.25) is 0 Å². The summed E-state index contributed by atoms with van der Waals surface area (Å²) < 4.78 is 40.9. The first-order chi connectivity index (χ1) is 16.7. The number of rotatable bonds is 10. The van der Waals surface area contributed by atoms with E-state index in [0.29, 0.717) is 40.1 Å². The van der Waals surface area contributed by atoms with E-state index in [2.05, 4.69) is 0 Å². The van der Waals surface area contributed by atoms with Crippen LogP contribution in [0.1, 0.15) is 26.7 Å². The lowest BCUT2D eigenvalue weighted by molar-refractivity contribution is 0.395. The maximum Gasteiger partial charge on any atom is 0.244 e. The Bertz CT molecular complexity index is 1370. The predicted octanol–water partition coefficient (Wildman–Crippen LogP) is 6.70. The summed E-state index contributed by atoms with van der Waals surface area (Å²) in [6.45, 7) is 4.80. The zero-order valence-corrected chi connectivity index (χ0v) is 25.6. The zero-order valence-electron chi connectivity index (χ0n) is 20.7. The van der Waals surface area contributed by atoms with Crippen LogP contribution in [0.5, 0.6) is 11.5 Å². The molecule has 0 aliphatic rings. The average Bonchev–Trinajstić information content (AvgIpc) is 3.19. The first kappa shape index (κ1) is 30.7. The molecule has 0 unspecified atom stereocenters. The van der Waals surface area contributed by atoms with Crippen molar-refractivity contribution in [2.45, 2.75) is 31.6 Å². The summed E-state index contributed by atoms with van der Waals surface area (Å²) in [5.74, 6) is 1.02. The Morgan fingerprint density at radius 1 is 1.00 bits per heavy atom. The fourth-order valence-corrected chi connectivity index (χ4v) is 6.90. The molecule has 0 aliphatic heterocycles. The van der Waals surface area contributed by atoms with Crippen molar-refractivity contribution < 1.29 is 17.9 Å². The molecule has 7 nitrogen and oxygen atoms in total. The highest BCUT2D eigenvalue weighted by molar-refractivity contribution is 8.93. The molecule has 0 spiro atoms. The largest absolute Gasteiger partial charge is 0.495 e. The third-order valence-corrected chi connectivity index (χ3v) is 8.98. The van der Waals surface area contributed by atoms with Crippen LogP contribution in [-0.4, -0.2) is 44.6 Å². The first-order valence-electron chi connectivity index (χ1n) is 11.1. The summed E-state index contributed by atoms with van der Waals surface area (Å²) in [6, 6.07) is 8.43. The summed E-state index contributed by atoms with van der Waals surface area (Å²) in [7, 11) is 1.22. The number of sulfonamides is 1. The van der Waals surface area contributed by atoms with Gasteiger partial charge in [-0.15, -0.1) is 28.3 Å². The number of ether oxygens (including phenoxy) is 2. The Balaban J connectivity index is 0.00000456. The minimum atomic E-state index is -3.73. The third kappa shape index (κ3) is 6.46. The molecule has 2 aromatic carbocycles. The Labute approximate surface area is 237 Å². The molecule has 1 aromatic heterocycles. The van der Waals surface area contributed by atoms with E-state index in [0.717, 1.165) is 24.1 Å². The number of halogens is 3. The van der Waals surface area contributed by atoms with Crippen LogP contribution in [0.3, 0.4) is 0 Å². The number of thiazole rings is 1. The van der Waals surface area contributed by atoms with Crippen molar-refractivity contribution in [3.63, 3.8) is 0 Å². The molecule has 0 radical (unpaired) electrons. The van der Waals surface area contributed by atoms with Crippen molar-refractivity contribution in [2.24, 2.45) is 12.0 Å². The predicted molar refractivity (Wildman–Crippen MR) is 153 cm³/mol. The highest BCUT2D eigenvalue weighted by atomic mass is 79.9. The molecule has 0 atom stereocenters. The van der Waals surface area contributed by atoms with Crippen LogP contribution in [0, 0.1) is 0 Å². The van der Waals surface area contributed by atoms with E-state index in [1.54, 1.807) is 31.4 Å². The minimum Gasteiger partial charge on any atom is -0.495 e. The van der Waals surface area contributed by atoms with E-state index in [1.165, 1.54) is 22.8 Å². The van der Waals surface area contributed by atoms with E-state index in [1.807, 2.05) is 36.9 Å². The van der Waals surface area contributed by atoms with Gasteiger partial charge in [0.2, 0.25) is 10.0 Å². The number of nitrogens with zero attached hydrogens (tertiary/aromatic N) is 3. The highest BCUT2D eigenvalue weighted by Crippen LogP contribution is 2.37. The van der Waals surface area contributed by atoms with E-state index in [-0.39, 0.29) is 26.9 Å². The summed E-state index contributed by atoms with van der Waals surface area (Å²) in [4.78, 5) is 5.51. The molecular formula is C24H30BrCl2N3O4S2. The molecule has 0 N–H and O–H groups in total. The van der Waals surface area contributed by atoms with Crippen molar-refractivity contribution in [3.05, 3.63) is 50.6 Å². The van der Waals surface area contributed by atoms with Crippen LogP contribution in [0.15, 0.2) is 45.6 Å². The van der Waals surface area contributed by atoms with Crippen LogP contribution in [0.4, 0.5) is 5.69 Å². The molecule has 3 rings (SSSR count). The normalized spacial score (nSPS) is 12.1. The molecule has 36 heavy (non-hydrogen) atoms. The number of hydrogen-bond donors (Lipinski definition) is 0. The van der Waals surface area contributed by atoms with Crippen molar-refractivity contribution >= 4 is 67.2 Å². The summed E-state index contributed by atoms with van der Waals surface area (Å²) in [6.07, 6.45) is 1.44. The van der Waals surface area contributed by atoms with Crippen LogP contribution >= 0.6 is 51.5 Å². The standard InChI is InChI=1S/C24H29Cl2N3O4S2.BrH/c1-6-10-29(11-7-2)35(30,31)23-12-16(8-9-17(23)25)20-15-34-24(28(20)3)27-19-13-18(26)21(32-4)14-22(19)33-5;/h8-9,12-15H,6-7,10-11H2,1-5H3;1H/b27-24+;. The van der Waals surface area contributed by atoms with Crippen LogP contribution in [-0.2, 0) is 17.1 Å². The fraction of sp³-hybridized carbons (Fsp3) is 0.375. The molecule has 198 valence electrons. The molecule has 0 aliphatic carbocycles. The Morgan fingerprint density at radius 2 is 1.64 bits per heavy atom. The van der Waals surface area contributed by atoms with E-state index in [4.69, 9.17) is 37.7 Å². The Morgan fingerprint density at radius 3 is 2.22 bits per heavy atom. The highest BCUT2D eigenvalue weighted by Gasteiger charge is 2.26. The third-order valence-electron chi connectivity index (χ3n) is 5.38. The van der Waals surface area contributed by atoms with Gasteiger partial charge >= 0.3 is 0 Å². The lowest BCUT2D eigenvalue weighted by Crippen LogP contribution is -2.32. The maximum atomic E-state index is 13.4. The molecule has 0 saturated heterocycles. The van der Waals surface area contributed by atoms with Gasteiger partial charge in [0.05, 0.1) is 30.0 Å². The van der Waals surface area contributed by atoms with Gasteiger partial charge in [0, 0.05) is 37.1 Å². The molecular weight excluding hydrogens is 609 g/mol. The number of hydrogen-bond acceptors (Lipinski definition) is 6. The van der Waals surface area contributed by atoms with Gasteiger partial charge in [0.25, 0.3) is 0 Å². The van der Waals surface area contributed by atoms with Gasteiger partial charge in [-0.1, -0.05) is 43.1 Å². The number of benzene rings is 2. The zero-order chi connectivity index (χ0) is 25.8. The molecule has 3 aromatic rings. The second-order valence-electron chi connectivity index (χ2n) is 7.78. The van der Waals surface area contributed by atoms with Gasteiger partial charge in [-0.2, -0.15) is 4.31 Å². The lowest BCUT2D eigenvalue weighted by atomic mass is 10.2. The van der Waals surface area contributed by atoms with E-state index < -0.39 is 10.0 Å². The number of aromatic nitrogens is 1. The van der Waals surface area contributed by atoms with E-state index >= 15 is 0 Å². The monoisotopic (exact) mass is 637 g/mol. The SMILES string of the molecule is Br.CCCN(CCC)S(=O)(=O)c1cc(-c2cs/c(=N/c3cc(Cl)c(OC)cc3OC)n2C)ccc1Cl. The number of methoxy groups -OCH3 is 2. The minimum absolute atomic E-state index is 0. The van der Waals surface area contributed by atoms with Gasteiger partial charge in [-0.25, -0.2) is 13.4 Å². The van der Waals surface area contributed by atoms with Gasteiger partial charge in [0.1, 0.15) is 22.1 Å². The van der Waals surface area contributed by atoms with Crippen molar-refractivity contribution in [1.29, 1.82) is 0 Å². The molecule has 12 heteroatoms. The maximum absolute atomic E-state index is 13.4. The Kier molecular flexibility index (Phi) is 11.3. The van der Waals surface area contributed by atoms with E-state index in [9.17, 15) is 8.42 Å².